The van der Waals surface area contributed by atoms with Crippen LogP contribution in [0.25, 0.3) is 11.5 Å². The Hall–Kier alpha value is -1.93. The van der Waals surface area contributed by atoms with E-state index in [9.17, 15) is 13.6 Å². The summed E-state index contributed by atoms with van der Waals surface area (Å²) in [6.45, 7) is -1.54. The van der Waals surface area contributed by atoms with Gasteiger partial charge in [0, 0.05) is 11.3 Å². The molecule has 3 N–H and O–H groups in total. The Morgan fingerprint density at radius 1 is 1.35 bits per heavy atom. The summed E-state index contributed by atoms with van der Waals surface area (Å²) in [5.74, 6) is -2.51. The van der Waals surface area contributed by atoms with Crippen molar-refractivity contribution in [2.24, 2.45) is 5.73 Å². The van der Waals surface area contributed by atoms with E-state index >= 15 is 0 Å². The maximum absolute atomic E-state index is 12.9. The lowest BCUT2D eigenvalue weighted by Gasteiger charge is -2.14. The molecule has 0 unspecified atom stereocenters. The van der Waals surface area contributed by atoms with Crippen LogP contribution >= 0.6 is 11.8 Å². The van der Waals surface area contributed by atoms with E-state index < -0.39 is 24.9 Å². The van der Waals surface area contributed by atoms with E-state index in [2.05, 4.69) is 10.3 Å². The lowest BCUT2D eigenvalue weighted by atomic mass is 10.2. The van der Waals surface area contributed by atoms with Gasteiger partial charge in [0.25, 0.3) is 5.92 Å². The van der Waals surface area contributed by atoms with Gasteiger partial charge in [0.2, 0.25) is 11.8 Å². The number of carbonyl (C=O) groups excluding carboxylic acids is 1. The number of hydrogen-bond donors (Lipinski definition) is 2. The fourth-order valence-electron chi connectivity index (χ4n) is 1.69. The standard InChI is InChI=1S/C15H17F2N3O2S/c16-15(17,9-18)10-19-13(21)8-23-7-12-6-22-14(20-12)11-4-2-1-3-5-11/h1-6H,7-10,18H2,(H,19,21). The predicted octanol–water partition coefficient (Wildman–Crippen LogP) is 2.29. The van der Waals surface area contributed by atoms with Gasteiger partial charge in [-0.25, -0.2) is 13.8 Å². The highest BCUT2D eigenvalue weighted by Crippen LogP contribution is 2.20. The lowest BCUT2D eigenvalue weighted by Crippen LogP contribution is -2.42. The van der Waals surface area contributed by atoms with Crippen molar-refractivity contribution in [3.8, 4) is 11.5 Å². The van der Waals surface area contributed by atoms with Gasteiger partial charge in [0.05, 0.1) is 24.5 Å². The second kappa shape index (κ2) is 8.07. The van der Waals surface area contributed by atoms with Gasteiger partial charge in [-0.05, 0) is 12.1 Å². The molecule has 0 aliphatic rings. The van der Waals surface area contributed by atoms with Gasteiger partial charge in [0.15, 0.2) is 0 Å². The number of alkyl halides is 2. The van der Waals surface area contributed by atoms with Gasteiger partial charge < -0.3 is 15.5 Å². The van der Waals surface area contributed by atoms with Gasteiger partial charge in [-0.3, -0.25) is 4.79 Å². The summed E-state index contributed by atoms with van der Waals surface area (Å²) in [4.78, 5) is 15.8. The van der Waals surface area contributed by atoms with Crippen LogP contribution in [0, 0.1) is 0 Å². The van der Waals surface area contributed by atoms with Gasteiger partial charge in [-0.1, -0.05) is 18.2 Å². The van der Waals surface area contributed by atoms with Crippen molar-refractivity contribution in [3.63, 3.8) is 0 Å². The Labute approximate surface area is 136 Å². The number of rotatable bonds is 8. The zero-order chi connectivity index (χ0) is 16.7. The molecule has 0 radical (unpaired) electrons. The molecule has 124 valence electrons. The minimum atomic E-state index is -3.07. The van der Waals surface area contributed by atoms with Crippen LogP contribution in [0.3, 0.4) is 0 Å². The molecule has 1 amide bonds. The summed E-state index contributed by atoms with van der Waals surface area (Å²) in [6.07, 6.45) is 1.52. The molecule has 1 aromatic heterocycles. The predicted molar refractivity (Wildman–Crippen MR) is 85.1 cm³/mol. The molecule has 1 heterocycles. The Bertz CT molecular complexity index is 635. The zero-order valence-corrected chi connectivity index (χ0v) is 13.1. The number of amides is 1. The average Bonchev–Trinajstić information content (AvgIpc) is 3.03. The first kappa shape index (κ1) is 17.4. The second-order valence-corrected chi connectivity index (χ2v) is 5.83. The normalized spacial score (nSPS) is 11.4. The van der Waals surface area contributed by atoms with E-state index in [-0.39, 0.29) is 5.75 Å². The minimum Gasteiger partial charge on any atom is -0.444 e. The number of hydrogen-bond acceptors (Lipinski definition) is 5. The summed E-state index contributed by atoms with van der Waals surface area (Å²) in [6, 6.07) is 9.43. The van der Waals surface area contributed by atoms with E-state index in [1.54, 1.807) is 0 Å². The molecule has 0 saturated heterocycles. The second-order valence-electron chi connectivity index (χ2n) is 4.84. The monoisotopic (exact) mass is 341 g/mol. The Morgan fingerprint density at radius 2 is 2.09 bits per heavy atom. The minimum absolute atomic E-state index is 0.0637. The smallest absolute Gasteiger partial charge is 0.277 e. The van der Waals surface area contributed by atoms with Crippen LogP contribution in [-0.2, 0) is 10.5 Å². The molecule has 23 heavy (non-hydrogen) atoms. The fraction of sp³-hybridized carbons (Fsp3) is 0.333. The van der Waals surface area contributed by atoms with Crippen molar-refractivity contribution in [1.29, 1.82) is 0 Å². The molecule has 0 aliphatic carbocycles. The molecule has 0 saturated carbocycles. The molecule has 8 heteroatoms. The van der Waals surface area contributed by atoms with Crippen molar-refractivity contribution >= 4 is 17.7 Å². The molecule has 0 bridgehead atoms. The van der Waals surface area contributed by atoms with Crippen LogP contribution in [0.5, 0.6) is 0 Å². The molecule has 1 aromatic carbocycles. The molecule has 5 nitrogen and oxygen atoms in total. The van der Waals surface area contributed by atoms with Crippen LogP contribution in [0.15, 0.2) is 41.0 Å². The third kappa shape index (κ3) is 5.65. The highest BCUT2D eigenvalue weighted by Gasteiger charge is 2.26. The number of halogens is 2. The van der Waals surface area contributed by atoms with E-state index in [0.29, 0.717) is 17.3 Å². The molecule has 0 fully saturated rings. The highest BCUT2D eigenvalue weighted by molar-refractivity contribution is 7.99. The number of nitrogens with one attached hydrogen (secondary N) is 1. The van der Waals surface area contributed by atoms with E-state index in [0.717, 1.165) is 5.56 Å². The number of benzene rings is 1. The number of thioether (sulfide) groups is 1. The van der Waals surface area contributed by atoms with E-state index in [4.69, 9.17) is 10.2 Å². The third-order valence-electron chi connectivity index (χ3n) is 2.90. The quantitative estimate of drug-likeness (QED) is 0.770. The van der Waals surface area contributed by atoms with E-state index in [1.165, 1.54) is 18.0 Å². The maximum atomic E-state index is 12.9. The van der Waals surface area contributed by atoms with Crippen LogP contribution in [0.1, 0.15) is 5.69 Å². The molecular formula is C15H17F2N3O2S. The highest BCUT2D eigenvalue weighted by atomic mass is 32.2. The van der Waals surface area contributed by atoms with Crippen molar-refractivity contribution in [2.45, 2.75) is 11.7 Å². The third-order valence-corrected chi connectivity index (χ3v) is 3.86. The Kier molecular flexibility index (Phi) is 6.12. The molecule has 0 aliphatic heterocycles. The number of aromatic nitrogens is 1. The largest absolute Gasteiger partial charge is 0.444 e. The lowest BCUT2D eigenvalue weighted by molar-refractivity contribution is -0.120. The van der Waals surface area contributed by atoms with Gasteiger partial charge in [0.1, 0.15) is 6.26 Å². The summed E-state index contributed by atoms with van der Waals surface area (Å²) in [7, 11) is 0. The number of oxazole rings is 1. The first-order valence-corrected chi connectivity index (χ1v) is 8.08. The zero-order valence-electron chi connectivity index (χ0n) is 12.3. The molecule has 2 rings (SSSR count). The maximum Gasteiger partial charge on any atom is 0.277 e. The first-order valence-electron chi connectivity index (χ1n) is 6.92. The van der Waals surface area contributed by atoms with E-state index in [1.807, 2.05) is 30.3 Å². The first-order chi connectivity index (χ1) is 11.0. The van der Waals surface area contributed by atoms with Crippen LogP contribution < -0.4 is 11.1 Å². The summed E-state index contributed by atoms with van der Waals surface area (Å²) in [5, 5.41) is 2.16. The SMILES string of the molecule is NCC(F)(F)CNC(=O)CSCc1coc(-c2ccccc2)n1. The Balaban J connectivity index is 1.75. The van der Waals surface area contributed by atoms with Gasteiger partial charge in [-0.2, -0.15) is 0 Å². The molecule has 2 aromatic rings. The summed E-state index contributed by atoms with van der Waals surface area (Å²) >= 11 is 1.27. The number of nitrogens with two attached hydrogens (primary N) is 1. The van der Waals surface area contributed by atoms with Crippen molar-refractivity contribution in [3.05, 3.63) is 42.3 Å². The van der Waals surface area contributed by atoms with Crippen molar-refractivity contribution < 1.29 is 18.0 Å². The Morgan fingerprint density at radius 3 is 2.78 bits per heavy atom. The van der Waals surface area contributed by atoms with Crippen LogP contribution in [0.4, 0.5) is 8.78 Å². The van der Waals surface area contributed by atoms with Crippen molar-refractivity contribution in [2.75, 3.05) is 18.8 Å². The molecule has 0 spiro atoms. The molecular weight excluding hydrogens is 324 g/mol. The summed E-state index contributed by atoms with van der Waals surface area (Å²) < 4.78 is 31.2. The average molecular weight is 341 g/mol. The number of carbonyl (C=O) groups is 1. The van der Waals surface area contributed by atoms with Gasteiger partial charge in [-0.15, -0.1) is 11.8 Å². The number of nitrogens with zero attached hydrogens (tertiary/aromatic N) is 1. The van der Waals surface area contributed by atoms with Crippen molar-refractivity contribution in [1.82, 2.24) is 10.3 Å². The van der Waals surface area contributed by atoms with Gasteiger partial charge >= 0.3 is 0 Å². The topological polar surface area (TPSA) is 81.1 Å². The fourth-order valence-corrected chi connectivity index (χ4v) is 2.42. The summed E-state index contributed by atoms with van der Waals surface area (Å²) in [5.41, 5.74) is 6.45. The molecule has 0 atom stereocenters. The van der Waals surface area contributed by atoms with Crippen LogP contribution in [0.2, 0.25) is 0 Å². The van der Waals surface area contributed by atoms with Crippen LogP contribution in [-0.4, -0.2) is 35.7 Å².